The van der Waals surface area contributed by atoms with E-state index in [4.69, 9.17) is 0 Å². The Kier molecular flexibility index (Phi) is 2.55. The number of halogens is 3. The maximum atomic E-state index is 11.9. The molecule has 1 aromatic heterocycles. The van der Waals surface area contributed by atoms with Crippen LogP contribution in [0.3, 0.4) is 0 Å². The number of thiol groups is 1. The fourth-order valence-electron chi connectivity index (χ4n) is 0.662. The van der Waals surface area contributed by atoms with Crippen LogP contribution in [0.4, 0.5) is 13.2 Å². The van der Waals surface area contributed by atoms with Crippen LogP contribution in [0, 0.1) is 0 Å². The molecule has 0 saturated carbocycles. The van der Waals surface area contributed by atoms with Gasteiger partial charge in [-0.1, -0.05) is 0 Å². The zero-order valence-electron chi connectivity index (χ0n) is 6.08. The van der Waals surface area contributed by atoms with Crippen molar-refractivity contribution in [2.24, 2.45) is 0 Å². The first-order valence-electron chi connectivity index (χ1n) is 3.09. The first-order valence-corrected chi connectivity index (χ1v) is 4.26. The quantitative estimate of drug-likeness (QED) is 0.707. The molecule has 72 valence electrons. The Morgan fingerprint density at radius 1 is 1.23 bits per heavy atom. The predicted octanol–water partition coefficient (Wildman–Crippen LogP) is 1.07. The van der Waals surface area contributed by atoms with Crippen molar-refractivity contribution < 1.29 is 21.6 Å². The van der Waals surface area contributed by atoms with Crippen LogP contribution in [0.5, 0.6) is 0 Å². The predicted molar refractivity (Wildman–Crippen MR) is 37.8 cm³/mol. The van der Waals surface area contributed by atoms with Gasteiger partial charge in [-0.15, -0.1) is 0 Å². The number of rotatable bonds is 1. The molecule has 7 heteroatoms. The molecule has 0 saturated heterocycles. The van der Waals surface area contributed by atoms with Crippen molar-refractivity contribution in [2.75, 3.05) is 0 Å². The highest BCUT2D eigenvalue weighted by molar-refractivity contribution is 7.72. The average molecular weight is 211 g/mol. The van der Waals surface area contributed by atoms with Gasteiger partial charge in [-0.25, -0.2) is 8.42 Å². The van der Waals surface area contributed by atoms with E-state index in [1.807, 2.05) is 0 Å². The van der Waals surface area contributed by atoms with Gasteiger partial charge < -0.3 is 0 Å². The van der Waals surface area contributed by atoms with E-state index in [1.54, 1.807) is 0 Å². The second-order valence-electron chi connectivity index (χ2n) is 2.16. The molecular weight excluding hydrogens is 207 g/mol. The van der Waals surface area contributed by atoms with Crippen LogP contribution in [0.25, 0.3) is 0 Å². The van der Waals surface area contributed by atoms with Crippen molar-refractivity contribution in [3.63, 3.8) is 0 Å². The Morgan fingerprint density at radius 3 is 2.15 bits per heavy atom. The number of hydrogen-bond acceptors (Lipinski definition) is 3. The molecule has 1 aromatic rings. The van der Waals surface area contributed by atoms with Crippen LogP contribution >= 0.6 is 0 Å². The molecule has 0 N–H and O–H groups in total. The van der Waals surface area contributed by atoms with Crippen molar-refractivity contribution >= 4 is 10.7 Å². The van der Waals surface area contributed by atoms with Crippen LogP contribution in [0.2, 0.25) is 0 Å². The summed E-state index contributed by atoms with van der Waals surface area (Å²) < 4.78 is 56.3. The fourth-order valence-corrected chi connectivity index (χ4v) is 1.01. The standard InChI is InChI=1S/C6H4F3NO2S/c7-6(8,9)5-2-1-4(3-10-5)13(11)12/h1-3,13H. The monoisotopic (exact) mass is 211 g/mol. The minimum atomic E-state index is -4.53. The smallest absolute Gasteiger partial charge is 0.250 e. The van der Waals surface area contributed by atoms with E-state index in [-0.39, 0.29) is 4.90 Å². The Bertz CT molecular complexity index is 360. The molecule has 0 aliphatic carbocycles. The number of aromatic nitrogens is 1. The van der Waals surface area contributed by atoms with Crippen molar-refractivity contribution in [1.29, 1.82) is 0 Å². The molecule has 13 heavy (non-hydrogen) atoms. The summed E-state index contributed by atoms with van der Waals surface area (Å²) in [5, 5.41) is 0. The van der Waals surface area contributed by atoms with Gasteiger partial charge in [-0.05, 0) is 12.1 Å². The molecule has 3 nitrogen and oxygen atoms in total. The lowest BCUT2D eigenvalue weighted by Crippen LogP contribution is -2.07. The number of pyridine rings is 1. The van der Waals surface area contributed by atoms with Crippen LogP contribution in [-0.2, 0) is 16.9 Å². The van der Waals surface area contributed by atoms with Crippen molar-refractivity contribution in [1.82, 2.24) is 4.98 Å². The first-order chi connectivity index (χ1) is 5.91. The molecule has 0 aliphatic heterocycles. The second kappa shape index (κ2) is 3.33. The van der Waals surface area contributed by atoms with Gasteiger partial charge in [-0.2, -0.15) is 13.2 Å². The summed E-state index contributed by atoms with van der Waals surface area (Å²) in [4.78, 5) is 2.73. The van der Waals surface area contributed by atoms with E-state index in [9.17, 15) is 21.6 Å². The summed E-state index contributed by atoms with van der Waals surface area (Å²) in [7, 11) is -2.87. The van der Waals surface area contributed by atoms with E-state index < -0.39 is 22.6 Å². The maximum absolute atomic E-state index is 11.9. The molecule has 0 fully saturated rings. The summed E-state index contributed by atoms with van der Waals surface area (Å²) in [6.07, 6.45) is -3.86. The average Bonchev–Trinajstić information content (AvgIpc) is 2.03. The number of hydrogen-bond donors (Lipinski definition) is 1. The molecular formula is C6H4F3NO2S. The highest BCUT2D eigenvalue weighted by atomic mass is 32.2. The lowest BCUT2D eigenvalue weighted by molar-refractivity contribution is -0.141. The van der Waals surface area contributed by atoms with Crippen LogP contribution in [-0.4, -0.2) is 13.4 Å². The van der Waals surface area contributed by atoms with Gasteiger partial charge in [-0.3, -0.25) is 4.98 Å². The van der Waals surface area contributed by atoms with E-state index >= 15 is 0 Å². The molecule has 0 radical (unpaired) electrons. The Balaban J connectivity index is 3.08. The summed E-state index contributed by atoms with van der Waals surface area (Å²) in [6, 6.07) is 1.49. The highest BCUT2D eigenvalue weighted by Gasteiger charge is 2.32. The molecule has 1 rings (SSSR count). The zero-order chi connectivity index (χ0) is 10.1. The van der Waals surface area contributed by atoms with E-state index in [0.29, 0.717) is 12.3 Å². The van der Waals surface area contributed by atoms with Gasteiger partial charge in [0, 0.05) is 6.20 Å². The third-order valence-corrected chi connectivity index (χ3v) is 1.94. The highest BCUT2D eigenvalue weighted by Crippen LogP contribution is 2.27. The van der Waals surface area contributed by atoms with Crippen molar-refractivity contribution in [3.8, 4) is 0 Å². The second-order valence-corrected chi connectivity index (χ2v) is 3.19. The summed E-state index contributed by atoms with van der Waals surface area (Å²) >= 11 is 0. The lowest BCUT2D eigenvalue weighted by atomic mass is 10.3. The molecule has 0 amide bonds. The van der Waals surface area contributed by atoms with Crippen LogP contribution in [0.15, 0.2) is 23.2 Å². The van der Waals surface area contributed by atoms with Crippen LogP contribution < -0.4 is 0 Å². The SMILES string of the molecule is O=[SH](=O)c1ccc(C(F)(F)F)nc1. The first kappa shape index (κ1) is 9.97. The molecule has 0 aliphatic rings. The number of nitrogens with zero attached hydrogens (tertiary/aromatic N) is 1. The fraction of sp³-hybridized carbons (Fsp3) is 0.167. The third kappa shape index (κ3) is 2.41. The van der Waals surface area contributed by atoms with Gasteiger partial charge in [0.1, 0.15) is 5.69 Å². The molecule has 0 unspecified atom stereocenters. The molecule has 0 atom stereocenters. The van der Waals surface area contributed by atoms with E-state index in [0.717, 1.165) is 6.07 Å². The van der Waals surface area contributed by atoms with E-state index in [2.05, 4.69) is 4.98 Å². The summed E-state index contributed by atoms with van der Waals surface area (Å²) in [5.41, 5.74) is -1.10. The summed E-state index contributed by atoms with van der Waals surface area (Å²) in [6.45, 7) is 0. The summed E-state index contributed by atoms with van der Waals surface area (Å²) in [5.74, 6) is 0. The van der Waals surface area contributed by atoms with Crippen LogP contribution in [0.1, 0.15) is 5.69 Å². The minimum Gasteiger partial charge on any atom is -0.250 e. The third-order valence-electron chi connectivity index (χ3n) is 1.25. The van der Waals surface area contributed by atoms with Gasteiger partial charge >= 0.3 is 6.18 Å². The van der Waals surface area contributed by atoms with Crippen molar-refractivity contribution in [3.05, 3.63) is 24.0 Å². The van der Waals surface area contributed by atoms with Gasteiger partial charge in [0.05, 0.1) is 4.90 Å². The maximum Gasteiger partial charge on any atom is 0.433 e. The molecule has 0 bridgehead atoms. The molecule has 0 spiro atoms. The van der Waals surface area contributed by atoms with Gasteiger partial charge in [0.2, 0.25) is 0 Å². The Hall–Kier alpha value is -1.11. The van der Waals surface area contributed by atoms with Gasteiger partial charge in [0.15, 0.2) is 10.7 Å². The van der Waals surface area contributed by atoms with E-state index in [1.165, 1.54) is 0 Å². The molecule has 0 aromatic carbocycles. The normalized spacial score (nSPS) is 12.0. The number of alkyl halides is 3. The molecule has 1 heterocycles. The van der Waals surface area contributed by atoms with Crippen molar-refractivity contribution in [2.45, 2.75) is 11.1 Å². The topological polar surface area (TPSA) is 47.0 Å². The zero-order valence-corrected chi connectivity index (χ0v) is 6.97. The minimum absolute atomic E-state index is 0.233. The largest absolute Gasteiger partial charge is 0.433 e. The Labute approximate surface area is 73.2 Å². The van der Waals surface area contributed by atoms with Gasteiger partial charge in [0.25, 0.3) is 0 Å². The Morgan fingerprint density at radius 2 is 1.85 bits per heavy atom. The lowest BCUT2D eigenvalue weighted by Gasteiger charge is -2.03.